The summed E-state index contributed by atoms with van der Waals surface area (Å²) in [5, 5.41) is 6.34. The molecule has 0 N–H and O–H groups in total. The minimum Gasteiger partial charge on any atom is -0.484 e. The lowest BCUT2D eigenvalue weighted by atomic mass is 9.79. The van der Waals surface area contributed by atoms with Gasteiger partial charge in [-0.25, -0.2) is 5.01 Å². The summed E-state index contributed by atoms with van der Waals surface area (Å²) in [4.78, 5) is 13.2. The number of allylic oxidation sites excluding steroid dienone is 1. The van der Waals surface area contributed by atoms with Crippen molar-refractivity contribution in [1.82, 2.24) is 5.01 Å². The maximum Gasteiger partial charge on any atom is 0.281 e. The van der Waals surface area contributed by atoms with Crippen molar-refractivity contribution in [2.75, 3.05) is 6.61 Å². The van der Waals surface area contributed by atoms with Gasteiger partial charge in [0.05, 0.1) is 18.2 Å². The van der Waals surface area contributed by atoms with E-state index < -0.39 is 0 Å². The molecule has 2 atom stereocenters. The van der Waals surface area contributed by atoms with Crippen LogP contribution in [-0.4, -0.2) is 23.2 Å². The molecule has 2 aliphatic rings. The fourth-order valence-corrected chi connectivity index (χ4v) is 4.41. The number of furan rings is 2. The minimum absolute atomic E-state index is 0.0820. The molecule has 1 aliphatic heterocycles. The Bertz CT molecular complexity index is 1110. The summed E-state index contributed by atoms with van der Waals surface area (Å²) >= 11 is 0. The van der Waals surface area contributed by atoms with Crippen LogP contribution in [0.3, 0.4) is 0 Å². The third-order valence-electron chi connectivity index (χ3n) is 5.80. The highest BCUT2D eigenvalue weighted by Gasteiger charge is 2.45. The van der Waals surface area contributed by atoms with Crippen molar-refractivity contribution in [3.05, 3.63) is 83.7 Å². The Morgan fingerprint density at radius 1 is 1.19 bits per heavy atom. The number of carbonyl (C=O) groups is 1. The number of ether oxygens (including phenoxy) is 1. The zero-order chi connectivity index (χ0) is 21.2. The zero-order valence-electron chi connectivity index (χ0n) is 17.4. The second-order valence-corrected chi connectivity index (χ2v) is 7.97. The molecule has 2 aromatic heterocycles. The molecule has 6 heteroatoms. The van der Waals surface area contributed by atoms with E-state index in [1.165, 1.54) is 0 Å². The highest BCUT2D eigenvalue weighted by molar-refractivity contribution is 6.08. The lowest BCUT2D eigenvalue weighted by Gasteiger charge is -2.27. The number of fused-ring (bicyclic) bond motifs is 1. The molecule has 0 radical (unpaired) electrons. The first-order valence-electron chi connectivity index (χ1n) is 10.6. The van der Waals surface area contributed by atoms with Gasteiger partial charge in [-0.15, -0.1) is 0 Å². The highest BCUT2D eigenvalue weighted by atomic mass is 16.5. The van der Waals surface area contributed by atoms with Gasteiger partial charge in [0, 0.05) is 5.92 Å². The van der Waals surface area contributed by atoms with Crippen molar-refractivity contribution in [3.63, 3.8) is 0 Å². The predicted molar refractivity (Wildman–Crippen MR) is 116 cm³/mol. The molecule has 158 valence electrons. The van der Waals surface area contributed by atoms with Crippen LogP contribution in [0.25, 0.3) is 6.08 Å². The normalized spacial score (nSPS) is 21.8. The molecule has 5 rings (SSSR count). The summed E-state index contributed by atoms with van der Waals surface area (Å²) in [5.41, 5.74) is 3.13. The number of hydrogen-bond acceptors (Lipinski definition) is 5. The van der Waals surface area contributed by atoms with Gasteiger partial charge in [0.25, 0.3) is 5.91 Å². The molecule has 1 aromatic carbocycles. The van der Waals surface area contributed by atoms with Crippen LogP contribution in [0.5, 0.6) is 5.75 Å². The molecule has 1 amide bonds. The maximum absolute atomic E-state index is 13.2. The van der Waals surface area contributed by atoms with Crippen LogP contribution < -0.4 is 4.74 Å². The molecule has 1 saturated carbocycles. The average molecular weight is 416 g/mol. The van der Waals surface area contributed by atoms with Crippen molar-refractivity contribution in [2.24, 2.45) is 11.0 Å². The molecule has 0 spiro atoms. The summed E-state index contributed by atoms with van der Waals surface area (Å²) in [6, 6.07) is 15.0. The molecule has 3 heterocycles. The van der Waals surface area contributed by atoms with Gasteiger partial charge >= 0.3 is 0 Å². The quantitative estimate of drug-likeness (QED) is 0.560. The minimum atomic E-state index is -0.265. The van der Waals surface area contributed by atoms with E-state index in [4.69, 9.17) is 18.7 Å². The smallest absolute Gasteiger partial charge is 0.281 e. The highest BCUT2D eigenvalue weighted by Crippen LogP contribution is 2.44. The lowest BCUT2D eigenvalue weighted by Crippen LogP contribution is -2.34. The molecular formula is C25H24N2O4. The Morgan fingerprint density at radius 2 is 2.06 bits per heavy atom. The van der Waals surface area contributed by atoms with Gasteiger partial charge in [-0.05, 0) is 79.8 Å². The Hall–Kier alpha value is -3.54. The predicted octanol–water partition coefficient (Wildman–Crippen LogP) is 5.38. The Morgan fingerprint density at radius 3 is 2.84 bits per heavy atom. The summed E-state index contributed by atoms with van der Waals surface area (Å²) in [6.07, 6.45) is 8.20. The van der Waals surface area contributed by atoms with Crippen LogP contribution in [0, 0.1) is 12.8 Å². The fourth-order valence-electron chi connectivity index (χ4n) is 4.41. The largest absolute Gasteiger partial charge is 0.484 e. The maximum atomic E-state index is 13.2. The van der Waals surface area contributed by atoms with E-state index in [2.05, 4.69) is 0 Å². The van der Waals surface area contributed by atoms with Gasteiger partial charge in [0.2, 0.25) is 0 Å². The van der Waals surface area contributed by atoms with E-state index in [-0.39, 0.29) is 24.5 Å². The van der Waals surface area contributed by atoms with Gasteiger partial charge in [-0.2, -0.15) is 5.10 Å². The van der Waals surface area contributed by atoms with Crippen LogP contribution in [-0.2, 0) is 4.79 Å². The van der Waals surface area contributed by atoms with Gasteiger partial charge < -0.3 is 13.6 Å². The SMILES string of the molecule is Cc1cccc(OCC(=O)N2N=C3/C(=C/c4ccco4)CCC[C@@H]3[C@@H]2c2ccco2)c1. The van der Waals surface area contributed by atoms with E-state index in [0.717, 1.165) is 47.6 Å². The van der Waals surface area contributed by atoms with E-state index in [1.807, 2.05) is 61.5 Å². The third kappa shape index (κ3) is 3.93. The van der Waals surface area contributed by atoms with Crippen LogP contribution in [0.15, 0.2) is 80.6 Å². The van der Waals surface area contributed by atoms with Crippen LogP contribution >= 0.6 is 0 Å². The van der Waals surface area contributed by atoms with E-state index in [0.29, 0.717) is 5.75 Å². The third-order valence-corrected chi connectivity index (χ3v) is 5.80. The number of carbonyl (C=O) groups excluding carboxylic acids is 1. The standard InChI is InChI=1S/C25H24N2O4/c1-17-6-2-8-19(14-17)31-16-23(28)27-25(22-11-5-13-30-22)21-10-3-7-18(24(21)26-27)15-20-9-4-12-29-20/h2,4-6,8-9,11-15,21,25H,3,7,10,16H2,1H3/b18-15+/t21-,25+/m0/s1. The van der Waals surface area contributed by atoms with E-state index >= 15 is 0 Å². The number of rotatable bonds is 5. The summed E-state index contributed by atoms with van der Waals surface area (Å²) in [7, 11) is 0. The number of amides is 1. The Labute approximate surface area is 180 Å². The molecule has 0 unspecified atom stereocenters. The lowest BCUT2D eigenvalue weighted by molar-refractivity contribution is -0.136. The van der Waals surface area contributed by atoms with Gasteiger partial charge in [0.15, 0.2) is 6.61 Å². The molecule has 1 aliphatic carbocycles. The van der Waals surface area contributed by atoms with Gasteiger partial charge in [-0.1, -0.05) is 12.1 Å². The van der Waals surface area contributed by atoms with Gasteiger partial charge in [0.1, 0.15) is 23.3 Å². The first-order chi connectivity index (χ1) is 15.2. The molecular weight excluding hydrogens is 392 g/mol. The van der Waals surface area contributed by atoms with Crippen molar-refractivity contribution in [1.29, 1.82) is 0 Å². The van der Waals surface area contributed by atoms with E-state index in [1.54, 1.807) is 17.5 Å². The fraction of sp³-hybridized carbons (Fsp3) is 0.280. The summed E-state index contributed by atoms with van der Waals surface area (Å²) in [5.74, 6) is 2.10. The molecule has 31 heavy (non-hydrogen) atoms. The van der Waals surface area contributed by atoms with Crippen molar-refractivity contribution < 1.29 is 18.4 Å². The molecule has 0 bridgehead atoms. The molecule has 3 aromatic rings. The topological polar surface area (TPSA) is 68.2 Å². The zero-order valence-corrected chi connectivity index (χ0v) is 17.4. The number of benzene rings is 1. The van der Waals surface area contributed by atoms with E-state index in [9.17, 15) is 4.79 Å². The average Bonchev–Trinajstić information content (AvgIpc) is 3.52. The van der Waals surface area contributed by atoms with Crippen LogP contribution in [0.1, 0.15) is 42.4 Å². The van der Waals surface area contributed by atoms with Crippen LogP contribution in [0.4, 0.5) is 0 Å². The monoisotopic (exact) mass is 416 g/mol. The second-order valence-electron chi connectivity index (χ2n) is 7.97. The Balaban J connectivity index is 1.43. The van der Waals surface area contributed by atoms with Crippen molar-refractivity contribution >= 4 is 17.7 Å². The van der Waals surface area contributed by atoms with Crippen molar-refractivity contribution in [3.8, 4) is 5.75 Å². The number of aryl methyl sites for hydroxylation is 1. The first-order valence-corrected chi connectivity index (χ1v) is 10.6. The number of hydrogen-bond donors (Lipinski definition) is 0. The molecule has 0 saturated heterocycles. The first kappa shape index (κ1) is 19.4. The Kier molecular flexibility index (Phi) is 5.20. The number of hydrazone groups is 1. The van der Waals surface area contributed by atoms with Gasteiger partial charge in [-0.3, -0.25) is 4.79 Å². The summed E-state index contributed by atoms with van der Waals surface area (Å²) < 4.78 is 17.0. The molecule has 6 nitrogen and oxygen atoms in total. The van der Waals surface area contributed by atoms with Crippen LogP contribution in [0.2, 0.25) is 0 Å². The number of nitrogens with zero attached hydrogens (tertiary/aromatic N) is 2. The van der Waals surface area contributed by atoms with Crippen molar-refractivity contribution in [2.45, 2.75) is 32.2 Å². The summed E-state index contributed by atoms with van der Waals surface area (Å²) in [6.45, 7) is 1.91. The second kappa shape index (κ2) is 8.30. The molecule has 1 fully saturated rings.